The lowest BCUT2D eigenvalue weighted by Gasteiger charge is -2.12. The van der Waals surface area contributed by atoms with Gasteiger partial charge in [-0.1, -0.05) is 36.4 Å². The Morgan fingerprint density at radius 3 is 1.83 bits per heavy atom. The van der Waals surface area contributed by atoms with Crippen LogP contribution in [0.4, 0.5) is 5.82 Å². The van der Waals surface area contributed by atoms with Crippen molar-refractivity contribution in [2.24, 2.45) is 0 Å². The predicted octanol–water partition coefficient (Wildman–Crippen LogP) is 4.18. The van der Waals surface area contributed by atoms with Gasteiger partial charge in [-0.25, -0.2) is 9.78 Å². The highest BCUT2D eigenvalue weighted by atomic mass is 16.4. The number of carboxylic acid groups (broad SMARTS) is 1. The van der Waals surface area contributed by atoms with E-state index in [0.717, 1.165) is 28.1 Å². The van der Waals surface area contributed by atoms with Gasteiger partial charge in [0.05, 0.1) is 5.56 Å². The molecule has 3 aromatic rings. The molecule has 0 saturated carbocycles. The van der Waals surface area contributed by atoms with Crippen LogP contribution in [0.1, 0.15) is 10.4 Å². The summed E-state index contributed by atoms with van der Waals surface area (Å²) in [5.41, 5.74) is 4.57. The zero-order chi connectivity index (χ0) is 17.1. The summed E-state index contributed by atoms with van der Waals surface area (Å²) in [4.78, 5) is 17.2. The third-order valence-electron chi connectivity index (χ3n) is 3.89. The van der Waals surface area contributed by atoms with E-state index >= 15 is 0 Å². The van der Waals surface area contributed by atoms with Crippen molar-refractivity contribution in [2.45, 2.75) is 0 Å². The van der Waals surface area contributed by atoms with E-state index < -0.39 is 5.97 Å². The molecule has 0 spiro atoms. The largest absolute Gasteiger partial charge is 0.478 e. The molecular formula is C20H18N2O2. The van der Waals surface area contributed by atoms with E-state index in [9.17, 15) is 4.79 Å². The lowest BCUT2D eigenvalue weighted by atomic mass is 10.00. The SMILES string of the molecule is CN(C)c1cc(-c2ccc(-c3ccc(C(=O)O)cc3)cc2)ccn1. The molecule has 1 N–H and O–H groups in total. The van der Waals surface area contributed by atoms with Crippen molar-refractivity contribution in [1.29, 1.82) is 0 Å². The van der Waals surface area contributed by atoms with Gasteiger partial charge in [-0.15, -0.1) is 0 Å². The van der Waals surface area contributed by atoms with E-state index in [2.05, 4.69) is 23.2 Å². The second-order valence-electron chi connectivity index (χ2n) is 5.76. The van der Waals surface area contributed by atoms with Gasteiger partial charge in [-0.3, -0.25) is 0 Å². The third kappa shape index (κ3) is 3.27. The fraction of sp³-hybridized carbons (Fsp3) is 0.100. The van der Waals surface area contributed by atoms with E-state index in [1.165, 1.54) is 0 Å². The molecule has 4 heteroatoms. The monoisotopic (exact) mass is 318 g/mol. The van der Waals surface area contributed by atoms with Crippen molar-refractivity contribution in [3.05, 3.63) is 72.4 Å². The highest BCUT2D eigenvalue weighted by molar-refractivity contribution is 5.88. The summed E-state index contributed by atoms with van der Waals surface area (Å²) in [7, 11) is 3.94. The lowest BCUT2D eigenvalue weighted by Crippen LogP contribution is -2.10. The molecule has 0 amide bonds. The molecule has 1 heterocycles. The number of carboxylic acids is 1. The van der Waals surface area contributed by atoms with Crippen LogP contribution in [0, 0.1) is 0 Å². The molecule has 0 bridgehead atoms. The van der Waals surface area contributed by atoms with Gasteiger partial charge >= 0.3 is 5.97 Å². The number of aromatic nitrogens is 1. The topological polar surface area (TPSA) is 53.4 Å². The molecule has 0 saturated heterocycles. The molecule has 4 nitrogen and oxygen atoms in total. The Morgan fingerprint density at radius 2 is 1.33 bits per heavy atom. The van der Waals surface area contributed by atoms with Crippen molar-refractivity contribution in [2.75, 3.05) is 19.0 Å². The molecule has 0 fully saturated rings. The van der Waals surface area contributed by atoms with Gasteiger partial charge in [0.2, 0.25) is 0 Å². The number of nitrogens with zero attached hydrogens (tertiary/aromatic N) is 2. The van der Waals surface area contributed by atoms with Gasteiger partial charge in [-0.2, -0.15) is 0 Å². The number of anilines is 1. The first-order valence-electron chi connectivity index (χ1n) is 7.62. The third-order valence-corrected chi connectivity index (χ3v) is 3.89. The Balaban J connectivity index is 1.88. The minimum absolute atomic E-state index is 0.295. The average Bonchev–Trinajstić information content (AvgIpc) is 2.62. The standard InChI is InChI=1S/C20H18N2O2/c1-22(2)19-13-18(11-12-21-19)16-5-3-14(4-6-16)15-7-9-17(10-8-15)20(23)24/h3-13H,1-2H3,(H,23,24). The van der Waals surface area contributed by atoms with E-state index in [1.54, 1.807) is 12.1 Å². The number of rotatable bonds is 4. The normalized spacial score (nSPS) is 10.4. The molecule has 1 aromatic heterocycles. The van der Waals surface area contributed by atoms with Gasteiger partial charge < -0.3 is 10.0 Å². The first kappa shape index (κ1) is 15.7. The fourth-order valence-corrected chi connectivity index (χ4v) is 2.50. The van der Waals surface area contributed by atoms with Gasteiger partial charge in [0.1, 0.15) is 5.82 Å². The highest BCUT2D eigenvalue weighted by Gasteiger charge is 2.05. The number of benzene rings is 2. The Hall–Kier alpha value is -3.14. The van der Waals surface area contributed by atoms with E-state index in [0.29, 0.717) is 5.56 Å². The summed E-state index contributed by atoms with van der Waals surface area (Å²) in [6, 6.07) is 19.2. The molecule has 120 valence electrons. The Labute approximate surface area is 141 Å². The van der Waals surface area contributed by atoms with Gasteiger partial charge in [0.15, 0.2) is 0 Å². The summed E-state index contributed by atoms with van der Waals surface area (Å²) >= 11 is 0. The van der Waals surface area contributed by atoms with Crippen LogP contribution >= 0.6 is 0 Å². The fourth-order valence-electron chi connectivity index (χ4n) is 2.50. The summed E-state index contributed by atoms with van der Waals surface area (Å²) in [6.07, 6.45) is 1.81. The van der Waals surface area contributed by atoms with Crippen LogP contribution in [0.5, 0.6) is 0 Å². The molecule has 0 atom stereocenters. The zero-order valence-corrected chi connectivity index (χ0v) is 13.6. The summed E-state index contributed by atoms with van der Waals surface area (Å²) in [5, 5.41) is 8.96. The second kappa shape index (κ2) is 6.54. The van der Waals surface area contributed by atoms with Gasteiger partial charge in [0.25, 0.3) is 0 Å². The predicted molar refractivity (Wildman–Crippen MR) is 96.4 cm³/mol. The van der Waals surface area contributed by atoms with E-state index in [-0.39, 0.29) is 0 Å². The molecule has 0 unspecified atom stereocenters. The van der Waals surface area contributed by atoms with Crippen LogP contribution < -0.4 is 4.90 Å². The lowest BCUT2D eigenvalue weighted by molar-refractivity contribution is 0.0697. The summed E-state index contributed by atoms with van der Waals surface area (Å²) in [6.45, 7) is 0. The molecule has 24 heavy (non-hydrogen) atoms. The van der Waals surface area contributed by atoms with Gasteiger partial charge in [-0.05, 0) is 46.5 Å². The highest BCUT2D eigenvalue weighted by Crippen LogP contribution is 2.26. The number of pyridine rings is 1. The number of carbonyl (C=O) groups is 1. The van der Waals surface area contributed by atoms with Crippen molar-refractivity contribution in [3.8, 4) is 22.3 Å². The quantitative estimate of drug-likeness (QED) is 0.784. The van der Waals surface area contributed by atoms with E-state index in [1.807, 2.05) is 55.5 Å². The van der Waals surface area contributed by atoms with Crippen LogP contribution in [0.2, 0.25) is 0 Å². The van der Waals surface area contributed by atoms with Gasteiger partial charge in [0, 0.05) is 20.3 Å². The minimum atomic E-state index is -0.911. The van der Waals surface area contributed by atoms with Crippen molar-refractivity contribution < 1.29 is 9.90 Å². The number of aromatic carboxylic acids is 1. The molecule has 0 aliphatic heterocycles. The maximum Gasteiger partial charge on any atom is 0.335 e. The Bertz CT molecular complexity index is 854. The molecule has 0 aliphatic rings. The first-order valence-corrected chi connectivity index (χ1v) is 7.62. The molecule has 0 radical (unpaired) electrons. The summed E-state index contributed by atoms with van der Waals surface area (Å²) < 4.78 is 0. The van der Waals surface area contributed by atoms with Crippen LogP contribution in [0.25, 0.3) is 22.3 Å². The Kier molecular flexibility index (Phi) is 4.29. The zero-order valence-electron chi connectivity index (χ0n) is 13.6. The molecular weight excluding hydrogens is 300 g/mol. The number of hydrogen-bond acceptors (Lipinski definition) is 3. The first-order chi connectivity index (χ1) is 11.5. The van der Waals surface area contributed by atoms with Crippen molar-refractivity contribution in [1.82, 2.24) is 4.98 Å². The molecule has 0 aliphatic carbocycles. The van der Waals surface area contributed by atoms with Crippen molar-refractivity contribution >= 4 is 11.8 Å². The Morgan fingerprint density at radius 1 is 0.833 bits per heavy atom. The van der Waals surface area contributed by atoms with Crippen molar-refractivity contribution in [3.63, 3.8) is 0 Å². The van der Waals surface area contributed by atoms with Crippen LogP contribution in [0.15, 0.2) is 66.9 Å². The average molecular weight is 318 g/mol. The van der Waals surface area contributed by atoms with E-state index in [4.69, 9.17) is 5.11 Å². The maximum absolute atomic E-state index is 10.9. The van der Waals surface area contributed by atoms with Crippen LogP contribution in [-0.4, -0.2) is 30.2 Å². The smallest absolute Gasteiger partial charge is 0.335 e. The molecule has 3 rings (SSSR count). The van der Waals surface area contributed by atoms with Crippen LogP contribution in [-0.2, 0) is 0 Å². The molecule has 2 aromatic carbocycles. The minimum Gasteiger partial charge on any atom is -0.478 e. The maximum atomic E-state index is 10.9. The second-order valence-corrected chi connectivity index (χ2v) is 5.76. The number of hydrogen-bond donors (Lipinski definition) is 1. The van der Waals surface area contributed by atoms with Crippen LogP contribution in [0.3, 0.4) is 0 Å². The summed E-state index contributed by atoms with van der Waals surface area (Å²) in [5.74, 6) is 0.00659.